The fraction of sp³-hybridized carbons (Fsp3) is 0. The van der Waals surface area contributed by atoms with E-state index in [0.717, 1.165) is 5.52 Å². The van der Waals surface area contributed by atoms with E-state index in [2.05, 4.69) is 164 Å². The molecule has 0 radical (unpaired) electrons. The van der Waals surface area contributed by atoms with Crippen molar-refractivity contribution in [1.29, 1.82) is 0 Å². The zero-order valence-electron chi connectivity index (χ0n) is 25.2. The van der Waals surface area contributed by atoms with Crippen molar-refractivity contribution in [2.24, 2.45) is 0 Å². The zero-order valence-corrected chi connectivity index (χ0v) is 25.2. The van der Waals surface area contributed by atoms with Gasteiger partial charge in [-0.25, -0.2) is 0 Å². The number of hydrogen-bond donors (Lipinski definition) is 0. The third kappa shape index (κ3) is 4.29. The van der Waals surface area contributed by atoms with Crippen molar-refractivity contribution in [2.45, 2.75) is 0 Å². The average molecular weight is 584 g/mol. The standard InChI is InChI=1S/C45H29N/c1-3-13-30(14-4-1)43-37-21-9-10-22-38(37)44(31-15-5-2-6-16-31)42-28-33(24-25-39(42)43)32-18-11-19-34(27-32)41-29-35-17-7-8-20-36(35)45-40(41)23-12-26-46-45/h1-29H. The molecular weight excluding hydrogens is 555 g/mol. The molecule has 0 aliphatic rings. The first-order valence-corrected chi connectivity index (χ1v) is 15.8. The van der Waals surface area contributed by atoms with Gasteiger partial charge in [-0.05, 0) is 95.7 Å². The molecule has 1 heteroatoms. The Labute approximate surface area is 268 Å². The lowest BCUT2D eigenvalue weighted by Gasteiger charge is -2.19. The maximum absolute atomic E-state index is 4.81. The largest absolute Gasteiger partial charge is 0.256 e. The molecule has 9 aromatic rings. The molecule has 9 rings (SSSR count). The average Bonchev–Trinajstić information content (AvgIpc) is 3.14. The molecule has 1 aromatic heterocycles. The molecule has 0 spiro atoms. The van der Waals surface area contributed by atoms with Crippen LogP contribution in [0, 0.1) is 0 Å². The van der Waals surface area contributed by atoms with E-state index in [1.165, 1.54) is 82.2 Å². The van der Waals surface area contributed by atoms with Crippen LogP contribution in [0.5, 0.6) is 0 Å². The van der Waals surface area contributed by atoms with E-state index in [0.29, 0.717) is 0 Å². The van der Waals surface area contributed by atoms with Gasteiger partial charge in [0.05, 0.1) is 5.52 Å². The van der Waals surface area contributed by atoms with Gasteiger partial charge in [-0.3, -0.25) is 4.98 Å². The van der Waals surface area contributed by atoms with Crippen LogP contribution in [0.4, 0.5) is 0 Å². The number of aromatic nitrogens is 1. The second kappa shape index (κ2) is 10.8. The Morgan fingerprint density at radius 2 is 0.848 bits per heavy atom. The van der Waals surface area contributed by atoms with Gasteiger partial charge in [0.25, 0.3) is 0 Å². The van der Waals surface area contributed by atoms with Crippen molar-refractivity contribution in [1.82, 2.24) is 4.98 Å². The predicted octanol–water partition coefficient (Wildman–Crippen LogP) is 12.4. The highest BCUT2D eigenvalue weighted by atomic mass is 14.6. The van der Waals surface area contributed by atoms with Crippen LogP contribution in [-0.2, 0) is 0 Å². The third-order valence-electron chi connectivity index (χ3n) is 9.27. The lowest BCUT2D eigenvalue weighted by atomic mass is 9.84. The summed E-state index contributed by atoms with van der Waals surface area (Å²) in [6.07, 6.45) is 1.89. The minimum atomic E-state index is 1.04. The highest BCUT2D eigenvalue weighted by Gasteiger charge is 2.18. The molecule has 8 aromatic carbocycles. The smallest absolute Gasteiger partial charge is 0.0786 e. The molecule has 1 heterocycles. The summed E-state index contributed by atoms with van der Waals surface area (Å²) in [5.41, 5.74) is 10.8. The molecule has 0 aliphatic heterocycles. The molecule has 0 amide bonds. The number of hydrogen-bond acceptors (Lipinski definition) is 1. The van der Waals surface area contributed by atoms with Crippen LogP contribution in [0.2, 0.25) is 0 Å². The summed E-state index contributed by atoms with van der Waals surface area (Å²) in [7, 11) is 0. The maximum atomic E-state index is 4.81. The Balaban J connectivity index is 1.30. The number of nitrogens with zero attached hydrogens (tertiary/aromatic N) is 1. The second-order valence-corrected chi connectivity index (χ2v) is 11.9. The Hall–Kier alpha value is -6.05. The van der Waals surface area contributed by atoms with Crippen LogP contribution >= 0.6 is 0 Å². The fourth-order valence-corrected chi connectivity index (χ4v) is 7.20. The molecule has 0 bridgehead atoms. The van der Waals surface area contributed by atoms with Gasteiger partial charge in [-0.1, -0.05) is 146 Å². The lowest BCUT2D eigenvalue weighted by Crippen LogP contribution is -1.92. The predicted molar refractivity (Wildman–Crippen MR) is 196 cm³/mol. The van der Waals surface area contributed by atoms with Gasteiger partial charge >= 0.3 is 0 Å². The van der Waals surface area contributed by atoms with E-state index in [4.69, 9.17) is 4.98 Å². The molecule has 214 valence electrons. The van der Waals surface area contributed by atoms with Gasteiger partial charge in [-0.15, -0.1) is 0 Å². The van der Waals surface area contributed by atoms with E-state index >= 15 is 0 Å². The Kier molecular flexibility index (Phi) is 6.21. The number of rotatable bonds is 4. The quantitative estimate of drug-likeness (QED) is 0.148. The molecule has 46 heavy (non-hydrogen) atoms. The van der Waals surface area contributed by atoms with Crippen LogP contribution in [0.15, 0.2) is 176 Å². The number of benzene rings is 8. The Morgan fingerprint density at radius 1 is 0.304 bits per heavy atom. The second-order valence-electron chi connectivity index (χ2n) is 11.9. The fourth-order valence-electron chi connectivity index (χ4n) is 7.20. The van der Waals surface area contributed by atoms with Crippen molar-refractivity contribution in [3.63, 3.8) is 0 Å². The summed E-state index contributed by atoms with van der Waals surface area (Å²) >= 11 is 0. The van der Waals surface area contributed by atoms with Crippen LogP contribution < -0.4 is 0 Å². The van der Waals surface area contributed by atoms with Gasteiger partial charge in [0.2, 0.25) is 0 Å². The van der Waals surface area contributed by atoms with Crippen molar-refractivity contribution in [3.8, 4) is 44.5 Å². The Morgan fingerprint density at radius 3 is 1.59 bits per heavy atom. The first kappa shape index (κ1) is 26.4. The van der Waals surface area contributed by atoms with Crippen molar-refractivity contribution >= 4 is 43.2 Å². The third-order valence-corrected chi connectivity index (χ3v) is 9.27. The number of fused-ring (bicyclic) bond motifs is 5. The monoisotopic (exact) mass is 583 g/mol. The number of pyridine rings is 1. The van der Waals surface area contributed by atoms with Gasteiger partial charge in [0.1, 0.15) is 0 Å². The molecule has 0 N–H and O–H groups in total. The molecule has 0 fully saturated rings. The van der Waals surface area contributed by atoms with Gasteiger partial charge in [0, 0.05) is 17.0 Å². The summed E-state index contributed by atoms with van der Waals surface area (Å²) in [6, 6.07) is 61.5. The summed E-state index contributed by atoms with van der Waals surface area (Å²) in [5.74, 6) is 0. The highest BCUT2D eigenvalue weighted by Crippen LogP contribution is 2.45. The topological polar surface area (TPSA) is 12.9 Å². The van der Waals surface area contributed by atoms with Gasteiger partial charge in [-0.2, -0.15) is 0 Å². The Bertz CT molecular complexity index is 2570. The summed E-state index contributed by atoms with van der Waals surface area (Å²) in [5, 5.41) is 8.60. The molecule has 0 atom stereocenters. The molecule has 1 nitrogen and oxygen atoms in total. The summed E-state index contributed by atoms with van der Waals surface area (Å²) < 4.78 is 0. The maximum Gasteiger partial charge on any atom is 0.0786 e. The minimum Gasteiger partial charge on any atom is -0.256 e. The first-order valence-electron chi connectivity index (χ1n) is 15.8. The van der Waals surface area contributed by atoms with Crippen LogP contribution in [0.3, 0.4) is 0 Å². The van der Waals surface area contributed by atoms with E-state index in [1.807, 2.05) is 12.3 Å². The highest BCUT2D eigenvalue weighted by molar-refractivity contribution is 6.22. The first-order chi connectivity index (χ1) is 22.8. The summed E-state index contributed by atoms with van der Waals surface area (Å²) in [4.78, 5) is 4.81. The molecular formula is C45H29N. The molecule has 0 unspecified atom stereocenters. The molecule has 0 saturated carbocycles. The minimum absolute atomic E-state index is 1.04. The van der Waals surface area contributed by atoms with E-state index in [9.17, 15) is 0 Å². The zero-order chi connectivity index (χ0) is 30.5. The summed E-state index contributed by atoms with van der Waals surface area (Å²) in [6.45, 7) is 0. The van der Waals surface area contributed by atoms with Crippen LogP contribution in [-0.4, -0.2) is 4.98 Å². The van der Waals surface area contributed by atoms with Gasteiger partial charge in [0.15, 0.2) is 0 Å². The van der Waals surface area contributed by atoms with Gasteiger partial charge < -0.3 is 0 Å². The normalized spacial score (nSPS) is 11.5. The molecule has 0 aliphatic carbocycles. The van der Waals surface area contributed by atoms with E-state index < -0.39 is 0 Å². The van der Waals surface area contributed by atoms with Crippen molar-refractivity contribution in [3.05, 3.63) is 176 Å². The van der Waals surface area contributed by atoms with Crippen molar-refractivity contribution < 1.29 is 0 Å². The van der Waals surface area contributed by atoms with Crippen molar-refractivity contribution in [2.75, 3.05) is 0 Å². The van der Waals surface area contributed by atoms with Crippen LogP contribution in [0.1, 0.15) is 0 Å². The van der Waals surface area contributed by atoms with E-state index in [-0.39, 0.29) is 0 Å². The van der Waals surface area contributed by atoms with E-state index in [1.54, 1.807) is 0 Å². The van der Waals surface area contributed by atoms with Crippen LogP contribution in [0.25, 0.3) is 87.7 Å². The molecule has 0 saturated heterocycles. The SMILES string of the molecule is c1ccc(-c2c3ccccc3c(-c3ccccc3)c3cc(-c4cccc(-c5cc6ccccc6c6ncccc56)c4)ccc23)cc1. The lowest BCUT2D eigenvalue weighted by molar-refractivity contribution is 1.43.